The molecule has 1 fully saturated rings. The summed E-state index contributed by atoms with van der Waals surface area (Å²) in [7, 11) is 1.32. The molecule has 0 saturated carbocycles. The minimum absolute atomic E-state index is 0.329. The molecule has 0 radical (unpaired) electrons. The van der Waals surface area contributed by atoms with Crippen molar-refractivity contribution in [2.24, 2.45) is 0 Å². The average Bonchev–Trinajstić information content (AvgIpc) is 3.04. The molecule has 2 rings (SSSR count). The third-order valence-electron chi connectivity index (χ3n) is 2.95. The molecule has 86 valence electrons. The van der Waals surface area contributed by atoms with E-state index in [0.29, 0.717) is 12.0 Å². The van der Waals surface area contributed by atoms with Gasteiger partial charge in [-0.05, 0) is 24.1 Å². The monoisotopic (exact) mass is 224 g/mol. The van der Waals surface area contributed by atoms with Crippen LogP contribution in [0.3, 0.4) is 0 Å². The maximum atomic E-state index is 13.1. The highest BCUT2D eigenvalue weighted by atomic mass is 19.1. The Bertz CT molecular complexity index is 418. The van der Waals surface area contributed by atoms with Crippen LogP contribution in [0.5, 0.6) is 0 Å². The van der Waals surface area contributed by atoms with Crippen molar-refractivity contribution in [2.45, 2.75) is 25.0 Å². The van der Waals surface area contributed by atoms with Crippen molar-refractivity contribution in [1.29, 1.82) is 0 Å². The Kier molecular flexibility index (Phi) is 2.68. The van der Waals surface area contributed by atoms with E-state index in [9.17, 15) is 9.18 Å². The van der Waals surface area contributed by atoms with Crippen LogP contribution >= 0.6 is 0 Å². The van der Waals surface area contributed by atoms with Crippen LogP contribution in [0, 0.1) is 5.82 Å². The van der Waals surface area contributed by atoms with Gasteiger partial charge >= 0.3 is 5.97 Å². The normalized spacial score (nSPS) is 27.6. The molecule has 1 aliphatic rings. The Morgan fingerprint density at radius 2 is 2.38 bits per heavy atom. The molecule has 2 atom stereocenters. The first kappa shape index (κ1) is 11.1. The molecule has 2 unspecified atom stereocenters. The molecule has 0 bridgehead atoms. The quantitative estimate of drug-likeness (QED) is 0.582. The van der Waals surface area contributed by atoms with Gasteiger partial charge in [-0.25, -0.2) is 9.18 Å². The van der Waals surface area contributed by atoms with E-state index >= 15 is 0 Å². The summed E-state index contributed by atoms with van der Waals surface area (Å²) < 4.78 is 23.1. The fraction of sp³-hybridized carbons (Fsp3) is 0.417. The lowest BCUT2D eigenvalue weighted by molar-refractivity contribution is -0.142. The second kappa shape index (κ2) is 3.87. The van der Waals surface area contributed by atoms with Gasteiger partial charge in [-0.15, -0.1) is 0 Å². The molecule has 3 nitrogen and oxygen atoms in total. The minimum atomic E-state index is -0.699. The summed E-state index contributed by atoms with van der Waals surface area (Å²) in [4.78, 5) is 11.4. The number of hydrogen-bond donors (Lipinski definition) is 0. The van der Waals surface area contributed by atoms with Crippen LogP contribution in [0.1, 0.15) is 18.9 Å². The van der Waals surface area contributed by atoms with Crippen molar-refractivity contribution < 1.29 is 18.7 Å². The molecule has 0 spiro atoms. The van der Waals surface area contributed by atoms with Crippen LogP contribution in [0.2, 0.25) is 0 Å². The molecule has 1 aromatic rings. The van der Waals surface area contributed by atoms with Gasteiger partial charge in [0.1, 0.15) is 11.4 Å². The van der Waals surface area contributed by atoms with Gasteiger partial charge in [0.05, 0.1) is 7.11 Å². The minimum Gasteiger partial charge on any atom is -0.467 e. The van der Waals surface area contributed by atoms with E-state index in [1.54, 1.807) is 12.1 Å². The third kappa shape index (κ3) is 1.59. The lowest BCUT2D eigenvalue weighted by atomic mass is 9.92. The van der Waals surface area contributed by atoms with Crippen LogP contribution in [0.15, 0.2) is 24.3 Å². The Hall–Kier alpha value is -1.42. The van der Waals surface area contributed by atoms with Crippen LogP contribution < -0.4 is 0 Å². The van der Waals surface area contributed by atoms with Crippen LogP contribution in [-0.4, -0.2) is 19.2 Å². The Morgan fingerprint density at radius 1 is 1.62 bits per heavy atom. The largest absolute Gasteiger partial charge is 0.467 e. The molecule has 0 N–H and O–H groups in total. The van der Waals surface area contributed by atoms with Crippen LogP contribution in [0.25, 0.3) is 0 Å². The summed E-state index contributed by atoms with van der Waals surface area (Å²) in [5.41, 5.74) is -0.0137. The maximum absolute atomic E-state index is 13.1. The first-order valence-corrected chi connectivity index (χ1v) is 5.15. The zero-order valence-corrected chi connectivity index (χ0v) is 9.20. The van der Waals surface area contributed by atoms with Gasteiger partial charge in [-0.1, -0.05) is 19.1 Å². The zero-order chi connectivity index (χ0) is 11.8. The highest BCUT2D eigenvalue weighted by molar-refractivity contribution is 5.79. The van der Waals surface area contributed by atoms with Gasteiger partial charge in [0.2, 0.25) is 0 Å². The van der Waals surface area contributed by atoms with Crippen molar-refractivity contribution in [1.82, 2.24) is 0 Å². The van der Waals surface area contributed by atoms with Gasteiger partial charge < -0.3 is 9.47 Å². The highest BCUT2D eigenvalue weighted by Gasteiger charge is 2.61. The number of benzene rings is 1. The lowest BCUT2D eigenvalue weighted by Crippen LogP contribution is -2.19. The average molecular weight is 224 g/mol. The number of halogens is 1. The summed E-state index contributed by atoms with van der Waals surface area (Å²) >= 11 is 0. The predicted octanol–water partition coefficient (Wildman–Crippen LogP) is 2.00. The number of esters is 1. The summed E-state index contributed by atoms with van der Waals surface area (Å²) in [6.07, 6.45) is 0.000231. The molecule has 16 heavy (non-hydrogen) atoms. The topological polar surface area (TPSA) is 38.8 Å². The number of carbonyl (C=O) groups excluding carboxylic acids is 1. The molecule has 1 saturated heterocycles. The van der Waals surface area contributed by atoms with Crippen LogP contribution in [-0.2, 0) is 19.9 Å². The first-order valence-electron chi connectivity index (χ1n) is 5.15. The molecule has 0 aliphatic carbocycles. The van der Waals surface area contributed by atoms with E-state index in [4.69, 9.17) is 4.74 Å². The second-order valence-corrected chi connectivity index (χ2v) is 3.77. The maximum Gasteiger partial charge on any atom is 0.338 e. The molecule has 4 heteroatoms. The lowest BCUT2D eigenvalue weighted by Gasteiger charge is -2.10. The molecule has 1 aliphatic heterocycles. The molecule has 0 aromatic heterocycles. The highest BCUT2D eigenvalue weighted by Crippen LogP contribution is 2.49. The van der Waals surface area contributed by atoms with Crippen molar-refractivity contribution in [3.8, 4) is 0 Å². The summed E-state index contributed by atoms with van der Waals surface area (Å²) in [5, 5.41) is 0. The van der Waals surface area contributed by atoms with Gasteiger partial charge in [-0.2, -0.15) is 0 Å². The van der Waals surface area contributed by atoms with E-state index in [1.165, 1.54) is 19.2 Å². The number of rotatable bonds is 3. The summed E-state index contributed by atoms with van der Waals surface area (Å²) in [6.45, 7) is 1.90. The summed E-state index contributed by atoms with van der Waals surface area (Å²) in [6, 6.07) is 6.13. The Labute approximate surface area is 93.2 Å². The standard InChI is InChI=1S/C12H13FO3/c1-3-12(10(16-12)11(14)15-2)8-5-4-6-9(13)7-8/h4-7,10H,3H2,1-2H3. The van der Waals surface area contributed by atoms with Crippen LogP contribution in [0.4, 0.5) is 4.39 Å². The number of methoxy groups -OCH3 is 1. The molecular formula is C12H13FO3. The van der Waals surface area contributed by atoms with Gasteiger partial charge in [0.25, 0.3) is 0 Å². The predicted molar refractivity (Wildman–Crippen MR) is 55.3 cm³/mol. The third-order valence-corrected chi connectivity index (χ3v) is 2.95. The zero-order valence-electron chi connectivity index (χ0n) is 9.20. The molecular weight excluding hydrogens is 211 g/mol. The van der Waals surface area contributed by atoms with E-state index in [2.05, 4.69) is 4.74 Å². The fourth-order valence-electron chi connectivity index (χ4n) is 1.97. The number of carbonyl (C=O) groups is 1. The van der Waals surface area contributed by atoms with Gasteiger partial charge in [-0.3, -0.25) is 0 Å². The van der Waals surface area contributed by atoms with Crippen molar-refractivity contribution in [3.05, 3.63) is 35.6 Å². The molecule has 1 heterocycles. The van der Waals surface area contributed by atoms with E-state index < -0.39 is 17.7 Å². The Balaban J connectivity index is 2.29. The number of ether oxygens (including phenoxy) is 2. The first-order chi connectivity index (χ1) is 7.64. The van der Waals surface area contributed by atoms with E-state index in [1.807, 2.05) is 6.92 Å². The fourth-order valence-corrected chi connectivity index (χ4v) is 1.97. The van der Waals surface area contributed by atoms with Crippen molar-refractivity contribution in [3.63, 3.8) is 0 Å². The molecule has 1 aromatic carbocycles. The Morgan fingerprint density at radius 3 is 2.94 bits per heavy atom. The van der Waals surface area contributed by atoms with E-state index in [0.717, 1.165) is 0 Å². The SMILES string of the molecule is CCC1(c2cccc(F)c2)OC1C(=O)OC. The molecule has 0 amide bonds. The van der Waals surface area contributed by atoms with E-state index in [-0.39, 0.29) is 5.82 Å². The second-order valence-electron chi connectivity index (χ2n) is 3.77. The number of epoxide rings is 1. The van der Waals surface area contributed by atoms with Gasteiger partial charge in [0.15, 0.2) is 6.10 Å². The number of hydrogen-bond acceptors (Lipinski definition) is 3. The smallest absolute Gasteiger partial charge is 0.338 e. The van der Waals surface area contributed by atoms with Gasteiger partial charge in [0, 0.05) is 0 Å². The van der Waals surface area contributed by atoms with Crippen molar-refractivity contribution in [2.75, 3.05) is 7.11 Å². The summed E-state index contributed by atoms with van der Waals surface area (Å²) in [5.74, 6) is -0.740. The van der Waals surface area contributed by atoms with Crippen molar-refractivity contribution >= 4 is 5.97 Å².